The smallest absolute Gasteiger partial charge is 0.257 e. The molecule has 0 spiro atoms. The first-order chi connectivity index (χ1) is 13.4. The summed E-state index contributed by atoms with van der Waals surface area (Å²) < 4.78 is 58.8. The lowest BCUT2D eigenvalue weighted by Crippen LogP contribution is -2.39. The molecule has 1 fully saturated rings. The Morgan fingerprint density at radius 1 is 1.04 bits per heavy atom. The van der Waals surface area contributed by atoms with Crippen molar-refractivity contribution in [3.05, 3.63) is 64.7 Å². The third-order valence-corrected chi connectivity index (χ3v) is 5.24. The minimum absolute atomic E-state index is 0.367. The van der Waals surface area contributed by atoms with Crippen LogP contribution >= 0.6 is 0 Å². The standard InChI is InChI=1S/C21H21F4NO2/c1-28-15-6-4-13(5-7-15)2-3-14-8-10-26(11-9-14)21(27)16-12-17(22)19(24)20(25)18(16)23/h4-7,12,14H,2-3,8-11H2,1H3. The molecule has 2 aromatic carbocycles. The highest BCUT2D eigenvalue weighted by Crippen LogP contribution is 2.26. The number of methoxy groups -OCH3 is 1. The molecule has 3 nitrogen and oxygen atoms in total. The summed E-state index contributed by atoms with van der Waals surface area (Å²) in [5, 5.41) is 0. The van der Waals surface area contributed by atoms with Crippen LogP contribution in [0.1, 0.15) is 35.2 Å². The maximum atomic E-state index is 13.8. The number of halogens is 4. The molecule has 28 heavy (non-hydrogen) atoms. The summed E-state index contributed by atoms with van der Waals surface area (Å²) in [5.41, 5.74) is 0.423. The van der Waals surface area contributed by atoms with E-state index in [0.717, 1.165) is 31.4 Å². The van der Waals surface area contributed by atoms with Crippen molar-refractivity contribution in [3.63, 3.8) is 0 Å². The molecule has 0 saturated carbocycles. The van der Waals surface area contributed by atoms with E-state index >= 15 is 0 Å². The van der Waals surface area contributed by atoms with Crippen molar-refractivity contribution in [1.82, 2.24) is 4.90 Å². The van der Waals surface area contributed by atoms with Crippen LogP contribution in [0, 0.1) is 29.2 Å². The fraction of sp³-hybridized carbons (Fsp3) is 0.381. The number of hydrogen-bond donors (Lipinski definition) is 0. The van der Waals surface area contributed by atoms with Gasteiger partial charge in [-0.15, -0.1) is 0 Å². The van der Waals surface area contributed by atoms with Crippen LogP contribution in [0.3, 0.4) is 0 Å². The van der Waals surface area contributed by atoms with Gasteiger partial charge in [0.25, 0.3) is 5.91 Å². The molecule has 0 aliphatic carbocycles. The third-order valence-electron chi connectivity index (χ3n) is 5.24. The predicted octanol–water partition coefficient (Wildman–Crippen LogP) is 4.74. The quantitative estimate of drug-likeness (QED) is 0.416. The molecule has 1 aliphatic heterocycles. The monoisotopic (exact) mass is 395 g/mol. The largest absolute Gasteiger partial charge is 0.497 e. The van der Waals surface area contributed by atoms with Crippen LogP contribution in [-0.2, 0) is 6.42 Å². The average molecular weight is 395 g/mol. The summed E-state index contributed by atoms with van der Waals surface area (Å²) in [5.74, 6) is -6.70. The first-order valence-corrected chi connectivity index (χ1v) is 9.16. The van der Waals surface area contributed by atoms with E-state index in [0.29, 0.717) is 25.1 Å². The van der Waals surface area contributed by atoms with E-state index in [4.69, 9.17) is 4.74 Å². The number of carbonyl (C=O) groups is 1. The fourth-order valence-corrected chi connectivity index (χ4v) is 3.49. The Kier molecular flexibility index (Phi) is 6.21. The summed E-state index contributed by atoms with van der Waals surface area (Å²) in [6.07, 6.45) is 3.28. The van der Waals surface area contributed by atoms with Gasteiger partial charge in [-0.2, -0.15) is 0 Å². The first-order valence-electron chi connectivity index (χ1n) is 9.16. The second kappa shape index (κ2) is 8.63. The van der Waals surface area contributed by atoms with Crippen molar-refractivity contribution < 1.29 is 27.1 Å². The molecule has 1 amide bonds. The topological polar surface area (TPSA) is 29.5 Å². The average Bonchev–Trinajstić information content (AvgIpc) is 2.73. The molecule has 150 valence electrons. The number of carbonyl (C=O) groups excluding carboxylic acids is 1. The minimum atomic E-state index is -1.96. The predicted molar refractivity (Wildman–Crippen MR) is 96.2 cm³/mol. The zero-order valence-electron chi connectivity index (χ0n) is 15.5. The van der Waals surface area contributed by atoms with Crippen molar-refractivity contribution in [2.24, 2.45) is 5.92 Å². The van der Waals surface area contributed by atoms with E-state index in [1.54, 1.807) is 7.11 Å². The van der Waals surface area contributed by atoms with Crippen LogP contribution in [0.2, 0.25) is 0 Å². The first kappa shape index (κ1) is 20.2. The molecule has 1 saturated heterocycles. The van der Waals surface area contributed by atoms with Gasteiger partial charge in [0.05, 0.1) is 12.7 Å². The van der Waals surface area contributed by atoms with Gasteiger partial charge in [-0.25, -0.2) is 17.6 Å². The van der Waals surface area contributed by atoms with Crippen LogP contribution in [-0.4, -0.2) is 31.0 Å². The molecule has 0 N–H and O–H groups in total. The highest BCUT2D eigenvalue weighted by Gasteiger charge is 2.28. The van der Waals surface area contributed by atoms with Crippen molar-refractivity contribution in [2.45, 2.75) is 25.7 Å². The lowest BCUT2D eigenvalue weighted by atomic mass is 9.90. The number of ether oxygens (including phenoxy) is 1. The second-order valence-corrected chi connectivity index (χ2v) is 6.97. The SMILES string of the molecule is COc1ccc(CCC2CCN(C(=O)c3cc(F)c(F)c(F)c3F)CC2)cc1. The maximum Gasteiger partial charge on any atom is 0.257 e. The van der Waals surface area contributed by atoms with Gasteiger partial charge in [-0.3, -0.25) is 4.79 Å². The molecule has 2 aromatic rings. The van der Waals surface area contributed by atoms with E-state index in [-0.39, 0.29) is 0 Å². The van der Waals surface area contributed by atoms with Gasteiger partial charge < -0.3 is 9.64 Å². The number of likely N-dealkylation sites (tertiary alicyclic amines) is 1. The second-order valence-electron chi connectivity index (χ2n) is 6.97. The Bertz CT molecular complexity index is 846. The van der Waals surface area contributed by atoms with Crippen molar-refractivity contribution in [1.29, 1.82) is 0 Å². The summed E-state index contributed by atoms with van der Waals surface area (Å²) in [6, 6.07) is 8.26. The van der Waals surface area contributed by atoms with Crippen LogP contribution in [0.25, 0.3) is 0 Å². The van der Waals surface area contributed by atoms with Gasteiger partial charge in [-0.1, -0.05) is 12.1 Å². The molecule has 0 atom stereocenters. The maximum absolute atomic E-state index is 13.8. The van der Waals surface area contributed by atoms with Gasteiger partial charge in [0.1, 0.15) is 5.75 Å². The number of nitrogens with zero attached hydrogens (tertiary/aromatic N) is 1. The molecule has 3 rings (SSSR count). The van der Waals surface area contributed by atoms with E-state index in [9.17, 15) is 22.4 Å². The van der Waals surface area contributed by atoms with E-state index in [2.05, 4.69) is 0 Å². The van der Waals surface area contributed by atoms with Crippen LogP contribution < -0.4 is 4.74 Å². The van der Waals surface area contributed by atoms with Crippen LogP contribution in [0.15, 0.2) is 30.3 Å². The molecule has 0 bridgehead atoms. The van der Waals surface area contributed by atoms with Gasteiger partial charge in [0.15, 0.2) is 23.3 Å². The van der Waals surface area contributed by atoms with Crippen molar-refractivity contribution in [3.8, 4) is 5.75 Å². The van der Waals surface area contributed by atoms with Gasteiger partial charge in [-0.05, 0) is 55.4 Å². The van der Waals surface area contributed by atoms with Crippen molar-refractivity contribution in [2.75, 3.05) is 20.2 Å². The fourth-order valence-electron chi connectivity index (χ4n) is 3.49. The Morgan fingerprint density at radius 2 is 1.68 bits per heavy atom. The molecular weight excluding hydrogens is 374 g/mol. The normalized spacial score (nSPS) is 15.0. The molecule has 1 aliphatic rings. The van der Waals surface area contributed by atoms with Gasteiger partial charge >= 0.3 is 0 Å². The number of aryl methyl sites for hydroxylation is 1. The number of amides is 1. The minimum Gasteiger partial charge on any atom is -0.497 e. The highest BCUT2D eigenvalue weighted by atomic mass is 19.2. The molecule has 0 radical (unpaired) electrons. The van der Waals surface area contributed by atoms with E-state index in [1.165, 1.54) is 10.5 Å². The molecular formula is C21H21F4NO2. The molecule has 0 unspecified atom stereocenters. The van der Waals surface area contributed by atoms with Gasteiger partial charge in [0, 0.05) is 13.1 Å². The number of hydrogen-bond acceptors (Lipinski definition) is 2. The Hall–Kier alpha value is -2.57. The zero-order valence-corrected chi connectivity index (χ0v) is 15.5. The molecule has 1 heterocycles. The number of piperidine rings is 1. The summed E-state index contributed by atoms with van der Waals surface area (Å²) >= 11 is 0. The highest BCUT2D eigenvalue weighted by molar-refractivity contribution is 5.94. The Morgan fingerprint density at radius 3 is 2.29 bits per heavy atom. The number of rotatable bonds is 5. The van der Waals surface area contributed by atoms with Gasteiger partial charge in [0.2, 0.25) is 0 Å². The number of benzene rings is 2. The van der Waals surface area contributed by atoms with Crippen LogP contribution in [0.5, 0.6) is 5.75 Å². The molecule has 0 aromatic heterocycles. The third kappa shape index (κ3) is 4.29. The van der Waals surface area contributed by atoms with Crippen molar-refractivity contribution >= 4 is 5.91 Å². The Labute approximate surface area is 160 Å². The lowest BCUT2D eigenvalue weighted by Gasteiger charge is -2.32. The summed E-state index contributed by atoms with van der Waals surface area (Å²) in [4.78, 5) is 13.8. The van der Waals surface area contributed by atoms with E-state index in [1.807, 2.05) is 24.3 Å². The summed E-state index contributed by atoms with van der Waals surface area (Å²) in [7, 11) is 1.62. The molecule has 7 heteroatoms. The lowest BCUT2D eigenvalue weighted by molar-refractivity contribution is 0.0680. The Balaban J connectivity index is 1.55. The van der Waals surface area contributed by atoms with Crippen LogP contribution in [0.4, 0.5) is 17.6 Å². The van der Waals surface area contributed by atoms with E-state index < -0.39 is 34.7 Å². The summed E-state index contributed by atoms with van der Waals surface area (Å²) in [6.45, 7) is 0.734. The zero-order chi connectivity index (χ0) is 20.3.